The number of hydrogen-bond donors (Lipinski definition) is 1. The minimum Gasteiger partial charge on any atom is -0.494 e. The maximum atomic E-state index is 11.4. The number of esters is 1. The number of carbonyl (C=O) groups excluding carboxylic acids is 1. The molecule has 4 heteroatoms. The molecule has 0 amide bonds. The van der Waals surface area contributed by atoms with Crippen LogP contribution in [0.3, 0.4) is 0 Å². The van der Waals surface area contributed by atoms with E-state index in [9.17, 15) is 4.79 Å². The molecule has 0 radical (unpaired) electrons. The van der Waals surface area contributed by atoms with E-state index in [-0.39, 0.29) is 17.4 Å². The molecular weight excluding hydrogens is 254 g/mol. The molecule has 0 heterocycles. The first-order valence-corrected chi connectivity index (χ1v) is 6.93. The van der Waals surface area contributed by atoms with Crippen LogP contribution in [0.5, 0.6) is 5.75 Å². The normalized spacial score (nSPS) is 12.8. The molecule has 0 saturated carbocycles. The van der Waals surface area contributed by atoms with E-state index in [1.165, 1.54) is 7.11 Å². The molecule has 1 aromatic rings. The van der Waals surface area contributed by atoms with Gasteiger partial charge < -0.3 is 15.2 Å². The van der Waals surface area contributed by atoms with Gasteiger partial charge in [-0.05, 0) is 36.5 Å². The first-order chi connectivity index (χ1) is 9.38. The summed E-state index contributed by atoms with van der Waals surface area (Å²) >= 11 is 0. The Kier molecular flexibility index (Phi) is 6.02. The van der Waals surface area contributed by atoms with Crippen LogP contribution >= 0.6 is 0 Å². The molecule has 0 bridgehead atoms. The zero-order valence-corrected chi connectivity index (χ0v) is 12.8. The van der Waals surface area contributed by atoms with Crippen LogP contribution in [0.1, 0.15) is 45.2 Å². The Hall–Kier alpha value is -1.55. The highest BCUT2D eigenvalue weighted by atomic mass is 16.5. The number of rotatable bonds is 7. The first-order valence-electron chi connectivity index (χ1n) is 6.93. The molecule has 0 spiro atoms. The summed E-state index contributed by atoms with van der Waals surface area (Å²) < 4.78 is 10.1. The quantitative estimate of drug-likeness (QED) is 0.779. The van der Waals surface area contributed by atoms with E-state index in [0.717, 1.165) is 17.7 Å². The van der Waals surface area contributed by atoms with E-state index in [2.05, 4.69) is 0 Å². The monoisotopic (exact) mass is 279 g/mol. The molecule has 0 aliphatic carbocycles. The summed E-state index contributed by atoms with van der Waals surface area (Å²) in [5.41, 5.74) is 7.09. The second kappa shape index (κ2) is 7.29. The summed E-state index contributed by atoms with van der Waals surface area (Å²) in [4.78, 5) is 11.4. The molecule has 1 atom stereocenters. The number of carbonyl (C=O) groups is 1. The molecule has 2 N–H and O–H groups in total. The van der Waals surface area contributed by atoms with Crippen LogP contribution < -0.4 is 10.5 Å². The van der Waals surface area contributed by atoms with Gasteiger partial charge in [-0.3, -0.25) is 4.79 Å². The lowest BCUT2D eigenvalue weighted by Crippen LogP contribution is -2.24. The van der Waals surface area contributed by atoms with Crippen molar-refractivity contribution in [2.75, 3.05) is 13.7 Å². The molecule has 4 nitrogen and oxygen atoms in total. The lowest BCUT2D eigenvalue weighted by Gasteiger charge is -2.27. The van der Waals surface area contributed by atoms with Crippen LogP contribution in [0.2, 0.25) is 0 Å². The fourth-order valence-corrected chi connectivity index (χ4v) is 2.23. The van der Waals surface area contributed by atoms with E-state index < -0.39 is 0 Å². The van der Waals surface area contributed by atoms with Gasteiger partial charge in [0, 0.05) is 6.04 Å². The van der Waals surface area contributed by atoms with Gasteiger partial charge >= 0.3 is 5.97 Å². The summed E-state index contributed by atoms with van der Waals surface area (Å²) in [6.45, 7) is 6.66. The molecule has 0 saturated heterocycles. The van der Waals surface area contributed by atoms with Gasteiger partial charge in [0.15, 0.2) is 0 Å². The fourth-order valence-electron chi connectivity index (χ4n) is 2.23. The van der Waals surface area contributed by atoms with Gasteiger partial charge in [-0.2, -0.15) is 0 Å². The van der Waals surface area contributed by atoms with Gasteiger partial charge in [0.05, 0.1) is 20.1 Å². The zero-order valence-electron chi connectivity index (χ0n) is 12.8. The Balaban J connectivity index is 2.65. The predicted octanol–water partition coefficient (Wildman–Crippen LogP) is 3.06. The van der Waals surface area contributed by atoms with Crippen LogP contribution in [-0.4, -0.2) is 19.7 Å². The van der Waals surface area contributed by atoms with E-state index in [4.69, 9.17) is 15.2 Å². The number of methoxy groups -OCH3 is 1. The number of nitrogens with two attached hydrogens (primary N) is 1. The van der Waals surface area contributed by atoms with Crippen molar-refractivity contribution in [3.8, 4) is 5.75 Å². The van der Waals surface area contributed by atoms with Gasteiger partial charge in [-0.1, -0.05) is 26.0 Å². The van der Waals surface area contributed by atoms with Crippen molar-refractivity contribution >= 4 is 5.97 Å². The second-order valence-electron chi connectivity index (χ2n) is 5.73. The molecule has 20 heavy (non-hydrogen) atoms. The van der Waals surface area contributed by atoms with E-state index in [1.807, 2.05) is 45.0 Å². The molecule has 0 aliphatic heterocycles. The third-order valence-electron chi connectivity index (χ3n) is 3.24. The molecule has 0 fully saturated rings. The van der Waals surface area contributed by atoms with Crippen molar-refractivity contribution < 1.29 is 14.3 Å². The van der Waals surface area contributed by atoms with Crippen LogP contribution in [0.15, 0.2) is 24.3 Å². The lowest BCUT2D eigenvalue weighted by molar-refractivity contribution is -0.143. The summed E-state index contributed by atoms with van der Waals surface area (Å²) in [5.74, 6) is 0.645. The topological polar surface area (TPSA) is 61.5 Å². The van der Waals surface area contributed by atoms with Crippen LogP contribution in [-0.2, 0) is 9.53 Å². The molecule has 112 valence electrons. The molecule has 0 aromatic heterocycles. The summed E-state index contributed by atoms with van der Waals surface area (Å²) in [7, 11) is 1.41. The Bertz CT molecular complexity index is 426. The maximum absolute atomic E-state index is 11.4. The van der Waals surface area contributed by atoms with Crippen molar-refractivity contribution in [2.24, 2.45) is 11.1 Å². The molecule has 1 rings (SSSR count). The summed E-state index contributed by atoms with van der Waals surface area (Å²) in [5, 5.41) is 0. The van der Waals surface area contributed by atoms with Crippen molar-refractivity contribution in [2.45, 2.75) is 39.7 Å². The molecule has 0 aliphatic rings. The van der Waals surface area contributed by atoms with E-state index in [1.54, 1.807) is 0 Å². The lowest BCUT2D eigenvalue weighted by atomic mass is 9.81. The van der Waals surface area contributed by atoms with Gasteiger partial charge in [-0.15, -0.1) is 0 Å². The number of benzene rings is 1. The van der Waals surface area contributed by atoms with Gasteiger partial charge in [0.2, 0.25) is 0 Å². The Morgan fingerprint density at radius 1 is 1.30 bits per heavy atom. The number of hydrogen-bond acceptors (Lipinski definition) is 4. The van der Waals surface area contributed by atoms with Gasteiger partial charge in [-0.25, -0.2) is 0 Å². The highest BCUT2D eigenvalue weighted by molar-refractivity contribution is 5.69. The van der Waals surface area contributed by atoms with Crippen molar-refractivity contribution in [3.05, 3.63) is 29.8 Å². The largest absolute Gasteiger partial charge is 0.494 e. The Morgan fingerprint density at radius 2 is 1.90 bits per heavy atom. The van der Waals surface area contributed by atoms with Crippen LogP contribution in [0, 0.1) is 5.41 Å². The Labute approximate surface area is 121 Å². The summed E-state index contributed by atoms with van der Waals surface area (Å²) in [6, 6.07) is 7.69. The molecule has 1 aromatic carbocycles. The van der Waals surface area contributed by atoms with E-state index in [0.29, 0.717) is 13.0 Å². The minimum atomic E-state index is -0.200. The summed E-state index contributed by atoms with van der Waals surface area (Å²) in [6.07, 6.45) is 1.09. The van der Waals surface area contributed by atoms with Crippen LogP contribution in [0.4, 0.5) is 0 Å². The molecular formula is C16H25NO3. The maximum Gasteiger partial charge on any atom is 0.306 e. The van der Waals surface area contributed by atoms with Crippen molar-refractivity contribution in [1.82, 2.24) is 0 Å². The van der Waals surface area contributed by atoms with Crippen molar-refractivity contribution in [3.63, 3.8) is 0 Å². The smallest absolute Gasteiger partial charge is 0.306 e. The fraction of sp³-hybridized carbons (Fsp3) is 0.562. The average molecular weight is 279 g/mol. The predicted molar refractivity (Wildman–Crippen MR) is 79.6 cm³/mol. The third-order valence-corrected chi connectivity index (χ3v) is 3.24. The first kappa shape index (κ1) is 16.5. The van der Waals surface area contributed by atoms with Gasteiger partial charge in [0.25, 0.3) is 0 Å². The van der Waals surface area contributed by atoms with Crippen molar-refractivity contribution in [1.29, 1.82) is 0 Å². The minimum absolute atomic E-state index is 0.106. The highest BCUT2D eigenvalue weighted by Crippen LogP contribution is 2.32. The Morgan fingerprint density at radius 3 is 2.40 bits per heavy atom. The molecule has 1 unspecified atom stereocenters. The van der Waals surface area contributed by atoms with E-state index >= 15 is 0 Å². The standard InChI is InChI=1S/C16H25NO3/c1-5-20-13-8-6-12(7-9-13)14(17)10-16(2,3)11-15(18)19-4/h6-9,14H,5,10-11,17H2,1-4H3. The third kappa shape index (κ3) is 5.21. The zero-order chi connectivity index (χ0) is 15.2. The SMILES string of the molecule is CCOc1ccc(C(N)CC(C)(C)CC(=O)OC)cc1. The van der Waals surface area contributed by atoms with Gasteiger partial charge in [0.1, 0.15) is 5.75 Å². The number of ether oxygens (including phenoxy) is 2. The van der Waals surface area contributed by atoms with Crippen LogP contribution in [0.25, 0.3) is 0 Å². The average Bonchev–Trinajstić information content (AvgIpc) is 2.38. The second-order valence-corrected chi connectivity index (χ2v) is 5.73. The highest BCUT2D eigenvalue weighted by Gasteiger charge is 2.25.